The van der Waals surface area contributed by atoms with Crippen LogP contribution in [0.25, 0.3) is 0 Å². The first kappa shape index (κ1) is 12.3. The summed E-state index contributed by atoms with van der Waals surface area (Å²) >= 11 is 0. The van der Waals surface area contributed by atoms with Gasteiger partial charge >= 0.3 is 5.97 Å². The van der Waals surface area contributed by atoms with Gasteiger partial charge in [0.05, 0.1) is 24.0 Å². The van der Waals surface area contributed by atoms with Gasteiger partial charge in [-0.1, -0.05) is 0 Å². The second-order valence-corrected chi connectivity index (χ2v) is 3.71. The summed E-state index contributed by atoms with van der Waals surface area (Å²) in [6.07, 6.45) is 0. The smallest absolute Gasteiger partial charge is 0.340 e. The number of nitrogens with two attached hydrogens (primary N) is 1. The molecule has 0 saturated heterocycles. The Morgan fingerprint density at radius 1 is 1.50 bits per heavy atom. The van der Waals surface area contributed by atoms with E-state index in [1.54, 1.807) is 0 Å². The Labute approximate surface area is 93.6 Å². The Morgan fingerprint density at radius 2 is 2.12 bits per heavy atom. The summed E-state index contributed by atoms with van der Waals surface area (Å²) in [4.78, 5) is 11.3. The average Bonchev–Trinajstić information content (AvgIpc) is 2.20. The molecule has 88 valence electrons. The third kappa shape index (κ3) is 2.62. The lowest BCUT2D eigenvalue weighted by Crippen LogP contribution is -2.13. The van der Waals surface area contributed by atoms with Gasteiger partial charge in [0.1, 0.15) is 5.82 Å². The molecule has 0 radical (unpaired) electrons. The second kappa shape index (κ2) is 4.83. The maximum absolute atomic E-state index is 13.4. The highest BCUT2D eigenvalue weighted by molar-refractivity contribution is 5.92. The number of esters is 1. The molecule has 1 aromatic rings. The zero-order valence-corrected chi connectivity index (χ0v) is 9.50. The average molecular weight is 226 g/mol. The Morgan fingerprint density at radius 3 is 2.62 bits per heavy atom. The van der Waals surface area contributed by atoms with E-state index in [2.05, 4.69) is 10.1 Å². The van der Waals surface area contributed by atoms with Gasteiger partial charge in [0.25, 0.3) is 0 Å². The zero-order chi connectivity index (χ0) is 12.3. The predicted molar refractivity (Wildman–Crippen MR) is 60.9 cm³/mol. The number of rotatable bonds is 3. The molecule has 1 aromatic carbocycles. The van der Waals surface area contributed by atoms with E-state index >= 15 is 0 Å². The fourth-order valence-corrected chi connectivity index (χ4v) is 1.29. The molecule has 5 heteroatoms. The Hall–Kier alpha value is -1.78. The molecule has 0 fully saturated rings. The van der Waals surface area contributed by atoms with Crippen molar-refractivity contribution in [1.29, 1.82) is 0 Å². The monoisotopic (exact) mass is 226 g/mol. The van der Waals surface area contributed by atoms with Gasteiger partial charge in [-0.05, 0) is 26.0 Å². The standard InChI is InChI=1S/C11H15FN2O2/c1-6(2)14-10-4-7(11(15)16-3)8(12)5-9(10)13/h4-6,14H,13H2,1-3H3. The number of ether oxygens (including phenoxy) is 1. The molecule has 0 saturated carbocycles. The van der Waals surface area contributed by atoms with Crippen molar-refractivity contribution in [3.63, 3.8) is 0 Å². The molecule has 16 heavy (non-hydrogen) atoms. The number of halogens is 1. The molecule has 0 bridgehead atoms. The van der Waals surface area contributed by atoms with Crippen molar-refractivity contribution >= 4 is 17.3 Å². The minimum Gasteiger partial charge on any atom is -0.465 e. The van der Waals surface area contributed by atoms with Crippen molar-refractivity contribution in [3.8, 4) is 0 Å². The van der Waals surface area contributed by atoms with Crippen molar-refractivity contribution in [2.75, 3.05) is 18.2 Å². The van der Waals surface area contributed by atoms with Crippen LogP contribution >= 0.6 is 0 Å². The first-order chi connectivity index (χ1) is 7.45. The molecule has 4 nitrogen and oxygen atoms in total. The molecule has 1 rings (SSSR count). The molecule has 0 aliphatic heterocycles. The molecular formula is C11H15FN2O2. The fourth-order valence-electron chi connectivity index (χ4n) is 1.29. The predicted octanol–water partition coefficient (Wildman–Crippen LogP) is 2.01. The molecular weight excluding hydrogens is 211 g/mol. The normalized spacial score (nSPS) is 10.3. The minimum atomic E-state index is -0.718. The van der Waals surface area contributed by atoms with E-state index in [4.69, 9.17) is 5.73 Å². The number of carbonyl (C=O) groups is 1. The van der Waals surface area contributed by atoms with Gasteiger partial charge in [0.2, 0.25) is 0 Å². The van der Waals surface area contributed by atoms with Crippen LogP contribution in [0.15, 0.2) is 12.1 Å². The quantitative estimate of drug-likeness (QED) is 0.611. The lowest BCUT2D eigenvalue weighted by atomic mass is 10.1. The number of nitrogens with one attached hydrogen (secondary N) is 1. The number of benzene rings is 1. The second-order valence-electron chi connectivity index (χ2n) is 3.71. The van der Waals surface area contributed by atoms with Crippen molar-refractivity contribution < 1.29 is 13.9 Å². The van der Waals surface area contributed by atoms with Gasteiger partial charge in [0.15, 0.2) is 0 Å². The van der Waals surface area contributed by atoms with Crippen LogP contribution in [0.2, 0.25) is 0 Å². The van der Waals surface area contributed by atoms with Gasteiger partial charge in [-0.2, -0.15) is 0 Å². The molecule has 0 spiro atoms. The van der Waals surface area contributed by atoms with E-state index in [1.165, 1.54) is 13.2 Å². The van der Waals surface area contributed by atoms with Crippen LogP contribution in [-0.4, -0.2) is 19.1 Å². The summed E-state index contributed by atoms with van der Waals surface area (Å²) < 4.78 is 17.9. The number of carbonyl (C=O) groups excluding carboxylic acids is 1. The molecule has 0 aliphatic carbocycles. The van der Waals surface area contributed by atoms with Crippen molar-refractivity contribution in [1.82, 2.24) is 0 Å². The van der Waals surface area contributed by atoms with Gasteiger partial charge in [-0.25, -0.2) is 9.18 Å². The number of anilines is 2. The van der Waals surface area contributed by atoms with E-state index in [0.717, 1.165) is 6.07 Å². The summed E-state index contributed by atoms with van der Waals surface area (Å²) in [5.41, 5.74) is 6.29. The maximum Gasteiger partial charge on any atom is 0.340 e. The maximum atomic E-state index is 13.4. The van der Waals surface area contributed by atoms with Crippen LogP contribution in [0, 0.1) is 5.82 Å². The van der Waals surface area contributed by atoms with Gasteiger partial charge < -0.3 is 15.8 Å². The molecule has 0 aliphatic rings. The highest BCUT2D eigenvalue weighted by Gasteiger charge is 2.15. The molecule has 0 amide bonds. The fraction of sp³-hybridized carbons (Fsp3) is 0.364. The third-order valence-electron chi connectivity index (χ3n) is 1.99. The van der Waals surface area contributed by atoms with E-state index in [1.807, 2.05) is 13.8 Å². The molecule has 0 heterocycles. The summed E-state index contributed by atoms with van der Waals surface area (Å²) in [6.45, 7) is 3.83. The van der Waals surface area contributed by atoms with Crippen molar-refractivity contribution in [2.45, 2.75) is 19.9 Å². The Kier molecular flexibility index (Phi) is 3.71. The molecule has 3 N–H and O–H groups in total. The lowest BCUT2D eigenvalue weighted by molar-refractivity contribution is 0.0595. The minimum absolute atomic E-state index is 0.125. The zero-order valence-electron chi connectivity index (χ0n) is 9.50. The number of methoxy groups -OCH3 is 1. The van der Waals surface area contributed by atoms with Gasteiger partial charge in [-0.15, -0.1) is 0 Å². The SMILES string of the molecule is COC(=O)c1cc(NC(C)C)c(N)cc1F. The molecule has 0 unspecified atom stereocenters. The van der Waals surface area contributed by atoms with E-state index in [-0.39, 0.29) is 17.3 Å². The van der Waals surface area contributed by atoms with Crippen molar-refractivity contribution in [2.24, 2.45) is 0 Å². The van der Waals surface area contributed by atoms with Crippen LogP contribution in [0.3, 0.4) is 0 Å². The summed E-state index contributed by atoms with van der Waals surface area (Å²) in [7, 11) is 1.20. The van der Waals surface area contributed by atoms with Crippen LogP contribution < -0.4 is 11.1 Å². The first-order valence-electron chi connectivity index (χ1n) is 4.89. The molecule has 0 aromatic heterocycles. The van der Waals surface area contributed by atoms with Gasteiger partial charge in [-0.3, -0.25) is 0 Å². The summed E-state index contributed by atoms with van der Waals surface area (Å²) in [5, 5.41) is 3.02. The first-order valence-corrected chi connectivity index (χ1v) is 4.89. The Balaban J connectivity index is 3.16. The summed E-state index contributed by atoms with van der Waals surface area (Å²) in [5.74, 6) is -1.40. The summed E-state index contributed by atoms with van der Waals surface area (Å²) in [6, 6.07) is 2.60. The highest BCUT2D eigenvalue weighted by Crippen LogP contribution is 2.24. The highest BCUT2D eigenvalue weighted by atomic mass is 19.1. The van der Waals surface area contributed by atoms with Crippen molar-refractivity contribution in [3.05, 3.63) is 23.5 Å². The van der Waals surface area contributed by atoms with E-state index < -0.39 is 11.8 Å². The third-order valence-corrected chi connectivity index (χ3v) is 1.99. The topological polar surface area (TPSA) is 64.3 Å². The number of hydrogen-bond donors (Lipinski definition) is 2. The number of nitrogen functional groups attached to an aromatic ring is 1. The van der Waals surface area contributed by atoms with E-state index in [0.29, 0.717) is 5.69 Å². The van der Waals surface area contributed by atoms with Crippen LogP contribution in [0.1, 0.15) is 24.2 Å². The number of hydrogen-bond acceptors (Lipinski definition) is 4. The molecule has 0 atom stereocenters. The van der Waals surface area contributed by atoms with E-state index in [9.17, 15) is 9.18 Å². The lowest BCUT2D eigenvalue weighted by Gasteiger charge is -2.14. The van der Waals surface area contributed by atoms with Crippen LogP contribution in [0.5, 0.6) is 0 Å². The van der Waals surface area contributed by atoms with Crippen LogP contribution in [0.4, 0.5) is 15.8 Å². The van der Waals surface area contributed by atoms with Crippen LogP contribution in [-0.2, 0) is 4.74 Å². The van der Waals surface area contributed by atoms with Gasteiger partial charge in [0, 0.05) is 6.04 Å². The largest absolute Gasteiger partial charge is 0.465 e. The Bertz CT molecular complexity index is 405.